The molecule has 0 bridgehead atoms. The molecular formula is C21H28N2O4S. The summed E-state index contributed by atoms with van der Waals surface area (Å²) in [5, 5.41) is 1.96. The van der Waals surface area contributed by atoms with Crippen LogP contribution >= 0.6 is 0 Å². The molecule has 0 N–H and O–H groups in total. The zero-order valence-electron chi connectivity index (χ0n) is 16.7. The van der Waals surface area contributed by atoms with Gasteiger partial charge < -0.3 is 14.5 Å². The van der Waals surface area contributed by atoms with Crippen LogP contribution in [0.1, 0.15) is 12.0 Å². The van der Waals surface area contributed by atoms with E-state index in [4.69, 9.17) is 4.74 Å². The summed E-state index contributed by atoms with van der Waals surface area (Å²) in [4.78, 5) is 17.0. The van der Waals surface area contributed by atoms with Gasteiger partial charge in [-0.15, -0.1) is 0 Å². The number of nitrogens with zero attached hydrogens (tertiary/aromatic N) is 2. The average Bonchev–Trinajstić information content (AvgIpc) is 3.01. The lowest BCUT2D eigenvalue weighted by Gasteiger charge is -2.30. The van der Waals surface area contributed by atoms with Crippen molar-refractivity contribution in [1.82, 2.24) is 9.80 Å². The summed E-state index contributed by atoms with van der Waals surface area (Å²) in [5.41, 5.74) is 0.928. The Kier molecular flexibility index (Phi) is 6.25. The summed E-state index contributed by atoms with van der Waals surface area (Å²) in [6, 6.07) is 11.4. The summed E-state index contributed by atoms with van der Waals surface area (Å²) >= 11 is 0. The molecule has 1 fully saturated rings. The van der Waals surface area contributed by atoms with E-state index in [0.29, 0.717) is 19.5 Å². The van der Waals surface area contributed by atoms with Gasteiger partial charge in [0.05, 0.1) is 25.0 Å². The van der Waals surface area contributed by atoms with Gasteiger partial charge in [-0.2, -0.15) is 0 Å². The number of likely N-dealkylation sites (N-methyl/N-ethyl adjacent to an activating group) is 1. The zero-order chi connectivity index (χ0) is 20.3. The summed E-state index contributed by atoms with van der Waals surface area (Å²) < 4.78 is 29.3. The Balaban J connectivity index is 1.86. The SMILES string of the molecule is COc1ccc(CC(=O)N(CCN(C)C)C2CCS(=O)(=O)C2)c2ccccc12. The topological polar surface area (TPSA) is 66.9 Å². The second-order valence-corrected chi connectivity index (χ2v) is 9.83. The Bertz CT molecular complexity index is 956. The van der Waals surface area contributed by atoms with E-state index in [9.17, 15) is 13.2 Å². The van der Waals surface area contributed by atoms with Gasteiger partial charge in [0.15, 0.2) is 9.84 Å². The third-order valence-corrected chi connectivity index (χ3v) is 7.04. The van der Waals surface area contributed by atoms with Gasteiger partial charge in [0.1, 0.15) is 5.75 Å². The average molecular weight is 405 g/mol. The number of methoxy groups -OCH3 is 1. The molecular weight excluding hydrogens is 376 g/mol. The molecule has 0 spiro atoms. The number of amides is 1. The molecule has 3 rings (SSSR count). The quantitative estimate of drug-likeness (QED) is 0.706. The first-order valence-electron chi connectivity index (χ1n) is 9.50. The van der Waals surface area contributed by atoms with Crippen molar-refractivity contribution in [3.8, 4) is 5.75 Å². The van der Waals surface area contributed by atoms with Crippen LogP contribution in [-0.4, -0.2) is 76.0 Å². The van der Waals surface area contributed by atoms with Crippen LogP contribution in [0.5, 0.6) is 5.75 Å². The maximum Gasteiger partial charge on any atom is 0.227 e. The third-order valence-electron chi connectivity index (χ3n) is 5.29. The molecule has 2 aromatic carbocycles. The zero-order valence-corrected chi connectivity index (χ0v) is 17.5. The van der Waals surface area contributed by atoms with E-state index in [1.807, 2.05) is 55.4 Å². The van der Waals surface area contributed by atoms with Gasteiger partial charge in [0.2, 0.25) is 5.91 Å². The molecule has 1 saturated heterocycles. The number of rotatable bonds is 7. The predicted octanol–water partition coefficient (Wildman–Crippen LogP) is 1.97. The van der Waals surface area contributed by atoms with Gasteiger partial charge in [0, 0.05) is 24.5 Å². The molecule has 0 radical (unpaired) electrons. The molecule has 0 saturated carbocycles. The number of fused-ring (bicyclic) bond motifs is 1. The van der Waals surface area contributed by atoms with E-state index in [-0.39, 0.29) is 29.9 Å². The normalized spacial score (nSPS) is 18.5. The number of carbonyl (C=O) groups is 1. The van der Waals surface area contributed by atoms with Crippen LogP contribution in [0.15, 0.2) is 36.4 Å². The molecule has 1 unspecified atom stereocenters. The van der Waals surface area contributed by atoms with Crippen LogP contribution in [0, 0.1) is 0 Å². The number of ether oxygens (including phenoxy) is 1. The summed E-state index contributed by atoms with van der Waals surface area (Å²) in [6.07, 6.45) is 0.763. The van der Waals surface area contributed by atoms with E-state index in [1.165, 1.54) is 0 Å². The monoisotopic (exact) mass is 404 g/mol. The second-order valence-electron chi connectivity index (χ2n) is 7.60. The second kappa shape index (κ2) is 8.49. The predicted molar refractivity (Wildman–Crippen MR) is 112 cm³/mol. The molecule has 0 aliphatic carbocycles. The van der Waals surface area contributed by atoms with Crippen LogP contribution in [-0.2, 0) is 21.1 Å². The van der Waals surface area contributed by atoms with Crippen molar-refractivity contribution in [3.05, 3.63) is 42.0 Å². The fraction of sp³-hybridized carbons (Fsp3) is 0.476. The first-order chi connectivity index (χ1) is 13.3. The highest BCUT2D eigenvalue weighted by Gasteiger charge is 2.34. The molecule has 2 aromatic rings. The Morgan fingerprint density at radius 1 is 1.11 bits per heavy atom. The van der Waals surface area contributed by atoms with Gasteiger partial charge in [-0.05, 0) is 37.5 Å². The summed E-state index contributed by atoms with van der Waals surface area (Å²) in [6.45, 7) is 1.23. The first kappa shape index (κ1) is 20.6. The molecule has 1 amide bonds. The highest BCUT2D eigenvalue weighted by atomic mass is 32.2. The Hall–Kier alpha value is -2.12. The van der Waals surface area contributed by atoms with Crippen molar-refractivity contribution >= 4 is 26.5 Å². The van der Waals surface area contributed by atoms with E-state index in [0.717, 1.165) is 22.1 Å². The standard InChI is InChI=1S/C21H28N2O4S/c1-22(2)11-12-23(17-10-13-28(25,26)15-17)21(24)14-16-8-9-20(27-3)19-7-5-4-6-18(16)19/h4-9,17H,10-15H2,1-3H3. The van der Waals surface area contributed by atoms with Gasteiger partial charge >= 0.3 is 0 Å². The number of hydrogen-bond acceptors (Lipinski definition) is 5. The van der Waals surface area contributed by atoms with E-state index in [2.05, 4.69) is 0 Å². The molecule has 28 heavy (non-hydrogen) atoms. The van der Waals surface area contributed by atoms with Crippen molar-refractivity contribution in [2.75, 3.05) is 45.8 Å². The minimum Gasteiger partial charge on any atom is -0.496 e. The van der Waals surface area contributed by atoms with E-state index in [1.54, 1.807) is 12.0 Å². The van der Waals surface area contributed by atoms with Crippen molar-refractivity contribution in [3.63, 3.8) is 0 Å². The maximum absolute atomic E-state index is 13.2. The minimum absolute atomic E-state index is 0.0285. The summed E-state index contributed by atoms with van der Waals surface area (Å²) in [7, 11) is 2.48. The lowest BCUT2D eigenvalue weighted by Crippen LogP contribution is -2.45. The van der Waals surface area contributed by atoms with Crippen LogP contribution in [0.4, 0.5) is 0 Å². The van der Waals surface area contributed by atoms with Gasteiger partial charge in [-0.25, -0.2) is 8.42 Å². The number of carbonyl (C=O) groups excluding carboxylic acids is 1. The fourth-order valence-corrected chi connectivity index (χ4v) is 5.50. The molecule has 1 atom stereocenters. The van der Waals surface area contributed by atoms with Gasteiger partial charge in [0.25, 0.3) is 0 Å². The third kappa shape index (κ3) is 4.64. The Morgan fingerprint density at radius 3 is 2.43 bits per heavy atom. The summed E-state index contributed by atoms with van der Waals surface area (Å²) in [5.74, 6) is 0.974. The molecule has 152 valence electrons. The molecule has 0 aromatic heterocycles. The van der Waals surface area contributed by atoms with Crippen molar-refractivity contribution in [1.29, 1.82) is 0 Å². The van der Waals surface area contributed by atoms with Gasteiger partial charge in [-0.1, -0.05) is 30.3 Å². The number of hydrogen-bond donors (Lipinski definition) is 0. The molecule has 1 aliphatic heterocycles. The molecule has 1 heterocycles. The molecule has 7 heteroatoms. The first-order valence-corrected chi connectivity index (χ1v) is 11.3. The smallest absolute Gasteiger partial charge is 0.227 e. The maximum atomic E-state index is 13.2. The minimum atomic E-state index is -3.05. The lowest BCUT2D eigenvalue weighted by molar-refractivity contribution is -0.132. The van der Waals surface area contributed by atoms with Crippen molar-refractivity contribution in [2.24, 2.45) is 0 Å². The number of benzene rings is 2. The van der Waals surface area contributed by atoms with Crippen LogP contribution in [0.3, 0.4) is 0 Å². The fourth-order valence-electron chi connectivity index (χ4n) is 3.77. The molecule has 6 nitrogen and oxygen atoms in total. The lowest BCUT2D eigenvalue weighted by atomic mass is 10.0. The Labute approximate surface area is 167 Å². The molecule has 1 aliphatic rings. The van der Waals surface area contributed by atoms with Crippen molar-refractivity contribution in [2.45, 2.75) is 18.9 Å². The van der Waals surface area contributed by atoms with Crippen LogP contribution < -0.4 is 4.74 Å². The highest BCUT2D eigenvalue weighted by Crippen LogP contribution is 2.29. The van der Waals surface area contributed by atoms with E-state index < -0.39 is 9.84 Å². The van der Waals surface area contributed by atoms with Crippen LogP contribution in [0.25, 0.3) is 10.8 Å². The Morgan fingerprint density at radius 2 is 1.82 bits per heavy atom. The van der Waals surface area contributed by atoms with Crippen molar-refractivity contribution < 1.29 is 17.9 Å². The number of sulfone groups is 1. The van der Waals surface area contributed by atoms with Crippen LogP contribution in [0.2, 0.25) is 0 Å². The van der Waals surface area contributed by atoms with Gasteiger partial charge in [-0.3, -0.25) is 4.79 Å². The highest BCUT2D eigenvalue weighted by molar-refractivity contribution is 7.91. The van der Waals surface area contributed by atoms with E-state index >= 15 is 0 Å². The largest absolute Gasteiger partial charge is 0.496 e.